The average Bonchev–Trinajstić information content (AvgIpc) is 2.50. The molecule has 2 rings (SSSR count). The van der Waals surface area contributed by atoms with Crippen LogP contribution in [0.1, 0.15) is 0 Å². The van der Waals surface area contributed by atoms with E-state index >= 15 is 0 Å². The maximum atomic E-state index is 13.9. The van der Waals surface area contributed by atoms with E-state index < -0.39 is 30.7 Å². The van der Waals surface area contributed by atoms with Gasteiger partial charge in [0.15, 0.2) is 0 Å². The van der Waals surface area contributed by atoms with Crippen molar-refractivity contribution in [3.05, 3.63) is 22.6 Å². The number of rotatable bonds is 2. The van der Waals surface area contributed by atoms with Crippen molar-refractivity contribution in [2.24, 2.45) is 4.99 Å². The molecular formula is C10H12ClFN2O3. The minimum atomic E-state index is -1.40. The Balaban J connectivity index is 2.27. The van der Waals surface area contributed by atoms with Gasteiger partial charge in [-0.1, -0.05) is 11.6 Å². The van der Waals surface area contributed by atoms with Crippen LogP contribution in [-0.2, 0) is 0 Å². The van der Waals surface area contributed by atoms with Crippen LogP contribution >= 0.6 is 11.6 Å². The molecule has 1 aliphatic heterocycles. The summed E-state index contributed by atoms with van der Waals surface area (Å²) < 4.78 is 13.9. The second-order valence-electron chi connectivity index (χ2n) is 3.89. The Morgan fingerprint density at radius 3 is 2.76 bits per heavy atom. The van der Waals surface area contributed by atoms with Crippen LogP contribution in [0.3, 0.4) is 0 Å². The molecule has 3 N–H and O–H groups in total. The molecule has 94 valence electrons. The molecule has 2 aliphatic rings. The number of aliphatic hydroxyl groups is 3. The molecule has 0 aromatic rings. The molecule has 0 saturated heterocycles. The Morgan fingerprint density at radius 1 is 1.53 bits per heavy atom. The van der Waals surface area contributed by atoms with Crippen LogP contribution in [0, 0.1) is 0 Å². The first-order chi connectivity index (χ1) is 8.06. The summed E-state index contributed by atoms with van der Waals surface area (Å²) in [7, 11) is 0. The van der Waals surface area contributed by atoms with Gasteiger partial charge in [0.1, 0.15) is 30.7 Å². The number of aliphatic imine (C=N–C) groups is 1. The normalized spacial score (nSPS) is 33.4. The average molecular weight is 263 g/mol. The van der Waals surface area contributed by atoms with Crippen molar-refractivity contribution in [1.82, 2.24) is 4.90 Å². The minimum Gasteiger partial charge on any atom is -0.392 e. The molecule has 1 heterocycles. The zero-order valence-electron chi connectivity index (χ0n) is 8.79. The van der Waals surface area contributed by atoms with E-state index in [2.05, 4.69) is 4.99 Å². The third-order valence-corrected chi connectivity index (χ3v) is 3.04. The Labute approximate surface area is 102 Å². The zero-order chi connectivity index (χ0) is 12.6. The number of allylic oxidation sites excluding steroid dienone is 1. The highest BCUT2D eigenvalue weighted by molar-refractivity contribution is 6.39. The number of nitrogens with zero attached hydrogens (tertiary/aromatic N) is 2. The molecule has 3 atom stereocenters. The van der Waals surface area contributed by atoms with Gasteiger partial charge in [-0.3, -0.25) is 4.99 Å². The lowest BCUT2D eigenvalue weighted by Gasteiger charge is -2.30. The van der Waals surface area contributed by atoms with Crippen LogP contribution < -0.4 is 0 Å². The largest absolute Gasteiger partial charge is 0.392 e. The van der Waals surface area contributed by atoms with Crippen LogP contribution in [0.25, 0.3) is 0 Å². The fourth-order valence-corrected chi connectivity index (χ4v) is 2.19. The fourth-order valence-electron chi connectivity index (χ4n) is 1.99. The van der Waals surface area contributed by atoms with E-state index in [0.29, 0.717) is 5.03 Å². The van der Waals surface area contributed by atoms with Crippen molar-refractivity contribution < 1.29 is 19.7 Å². The van der Waals surface area contributed by atoms with Gasteiger partial charge in [0.05, 0.1) is 11.6 Å². The van der Waals surface area contributed by atoms with Gasteiger partial charge in [0.2, 0.25) is 0 Å². The summed E-state index contributed by atoms with van der Waals surface area (Å²) in [6.07, 6.45) is 0.119. The summed E-state index contributed by atoms with van der Waals surface area (Å²) in [5.74, 6) is -0.731. The molecule has 0 saturated carbocycles. The van der Waals surface area contributed by atoms with Gasteiger partial charge in [-0.2, -0.15) is 0 Å². The van der Waals surface area contributed by atoms with Crippen LogP contribution in [0.5, 0.6) is 0 Å². The lowest BCUT2D eigenvalue weighted by Crippen LogP contribution is -2.43. The number of halogens is 2. The van der Waals surface area contributed by atoms with Gasteiger partial charge < -0.3 is 20.2 Å². The third kappa shape index (κ3) is 2.09. The SMILES string of the molecule is OCC1=C(F)[C@@H](N2C=C(Cl)C=NC2)[C@H](O)[C@@H]1O. The highest BCUT2D eigenvalue weighted by atomic mass is 35.5. The molecule has 0 aromatic carbocycles. The molecule has 7 heteroatoms. The summed E-state index contributed by atoms with van der Waals surface area (Å²) in [4.78, 5) is 5.27. The summed E-state index contributed by atoms with van der Waals surface area (Å²) in [6.45, 7) is -0.494. The van der Waals surface area contributed by atoms with E-state index in [1.54, 1.807) is 0 Å². The van der Waals surface area contributed by atoms with E-state index in [9.17, 15) is 14.6 Å². The van der Waals surface area contributed by atoms with Crippen molar-refractivity contribution in [1.29, 1.82) is 0 Å². The first-order valence-corrected chi connectivity index (χ1v) is 5.42. The molecule has 0 fully saturated rings. The molecule has 5 nitrogen and oxygen atoms in total. The maximum Gasteiger partial charge on any atom is 0.129 e. The predicted octanol–water partition coefficient (Wildman–Crippen LogP) is -0.270. The first-order valence-electron chi connectivity index (χ1n) is 5.04. The number of hydrogen-bond acceptors (Lipinski definition) is 5. The highest BCUT2D eigenvalue weighted by Crippen LogP contribution is 2.33. The van der Waals surface area contributed by atoms with E-state index in [-0.39, 0.29) is 12.2 Å². The Hall–Kier alpha value is -0.950. The third-order valence-electron chi connectivity index (χ3n) is 2.85. The Kier molecular flexibility index (Phi) is 3.48. The van der Waals surface area contributed by atoms with Gasteiger partial charge in [0, 0.05) is 18.0 Å². The van der Waals surface area contributed by atoms with E-state index in [1.807, 2.05) is 0 Å². The van der Waals surface area contributed by atoms with Crippen molar-refractivity contribution in [2.75, 3.05) is 13.3 Å². The molecule has 0 amide bonds. The quantitative estimate of drug-likeness (QED) is 0.640. The van der Waals surface area contributed by atoms with Crippen LogP contribution in [0.2, 0.25) is 0 Å². The van der Waals surface area contributed by atoms with E-state index in [4.69, 9.17) is 16.7 Å². The molecule has 0 radical (unpaired) electrons. The second-order valence-corrected chi connectivity index (χ2v) is 4.33. The lowest BCUT2D eigenvalue weighted by atomic mass is 10.1. The maximum absolute atomic E-state index is 13.9. The first kappa shape index (κ1) is 12.5. The summed E-state index contributed by atoms with van der Waals surface area (Å²) in [6, 6.07) is -1.06. The van der Waals surface area contributed by atoms with E-state index in [0.717, 1.165) is 0 Å². The Bertz CT molecular complexity index is 410. The molecule has 0 spiro atoms. The van der Waals surface area contributed by atoms with Crippen molar-refractivity contribution >= 4 is 17.8 Å². The number of aliphatic hydroxyl groups excluding tert-OH is 3. The van der Waals surface area contributed by atoms with Crippen LogP contribution in [0.4, 0.5) is 4.39 Å². The molecule has 1 aliphatic carbocycles. The second kappa shape index (κ2) is 4.73. The molecule has 0 bridgehead atoms. The van der Waals surface area contributed by atoms with Crippen LogP contribution in [0.15, 0.2) is 27.6 Å². The minimum absolute atomic E-state index is 0.136. The zero-order valence-corrected chi connectivity index (χ0v) is 9.55. The van der Waals surface area contributed by atoms with Gasteiger partial charge in [-0.15, -0.1) is 0 Å². The molecular weight excluding hydrogens is 251 g/mol. The topological polar surface area (TPSA) is 76.3 Å². The molecule has 17 heavy (non-hydrogen) atoms. The van der Waals surface area contributed by atoms with Crippen molar-refractivity contribution in [3.8, 4) is 0 Å². The molecule has 0 unspecified atom stereocenters. The van der Waals surface area contributed by atoms with Gasteiger partial charge in [-0.05, 0) is 0 Å². The lowest BCUT2D eigenvalue weighted by molar-refractivity contribution is 0.0107. The standard InChI is InChI=1S/C10H12ClFN2O3/c11-5-1-13-4-14(2-5)8-7(12)6(3-15)9(16)10(8)17/h1-2,8-10,15-17H,3-4H2/t8-,9-,10+/m1/s1. The fraction of sp³-hybridized carbons (Fsp3) is 0.500. The van der Waals surface area contributed by atoms with Crippen LogP contribution in [-0.4, -0.2) is 58.0 Å². The predicted molar refractivity (Wildman–Crippen MR) is 60.2 cm³/mol. The summed E-state index contributed by atoms with van der Waals surface area (Å²) in [5, 5.41) is 28.6. The highest BCUT2D eigenvalue weighted by Gasteiger charge is 2.44. The summed E-state index contributed by atoms with van der Waals surface area (Å²) in [5.41, 5.74) is -0.193. The van der Waals surface area contributed by atoms with Gasteiger partial charge in [0.25, 0.3) is 0 Å². The Morgan fingerprint density at radius 2 is 2.24 bits per heavy atom. The van der Waals surface area contributed by atoms with Crippen molar-refractivity contribution in [2.45, 2.75) is 18.2 Å². The van der Waals surface area contributed by atoms with Gasteiger partial charge in [-0.25, -0.2) is 4.39 Å². The van der Waals surface area contributed by atoms with Crippen molar-refractivity contribution in [3.63, 3.8) is 0 Å². The summed E-state index contributed by atoms with van der Waals surface area (Å²) >= 11 is 5.73. The monoisotopic (exact) mass is 262 g/mol. The molecule has 0 aromatic heterocycles. The van der Waals surface area contributed by atoms with Gasteiger partial charge >= 0.3 is 0 Å². The van der Waals surface area contributed by atoms with E-state index in [1.165, 1.54) is 17.3 Å². The number of hydrogen-bond donors (Lipinski definition) is 3. The smallest absolute Gasteiger partial charge is 0.129 e.